The van der Waals surface area contributed by atoms with Gasteiger partial charge in [-0.3, -0.25) is 9.58 Å². The number of sulfonamides is 1. The van der Waals surface area contributed by atoms with Crippen LogP contribution in [0.15, 0.2) is 30.3 Å². The van der Waals surface area contributed by atoms with Crippen LogP contribution in [-0.2, 0) is 17.1 Å². The standard InChI is InChI=1S/C19H25FN4O2S/c1-23-19(10-18(22-23)13-3-5-15(20)6-4-13)17-12-24-8-7-14(17)9-16(24)11-21-27(2,25)26/h3-6,10,14,16-17,21H,7-9,11-12H2,1-2H3/t14-,16+,17-/m0/s1. The van der Waals surface area contributed by atoms with E-state index in [0.29, 0.717) is 18.4 Å². The van der Waals surface area contributed by atoms with E-state index < -0.39 is 10.0 Å². The van der Waals surface area contributed by atoms with Crippen molar-refractivity contribution in [1.29, 1.82) is 0 Å². The first-order valence-corrected chi connectivity index (χ1v) is 11.2. The van der Waals surface area contributed by atoms with Gasteiger partial charge >= 0.3 is 0 Å². The second-order valence-electron chi connectivity index (χ2n) is 7.75. The van der Waals surface area contributed by atoms with Crippen LogP contribution in [0.4, 0.5) is 4.39 Å². The first-order chi connectivity index (χ1) is 12.8. The van der Waals surface area contributed by atoms with E-state index in [2.05, 4.69) is 20.8 Å². The van der Waals surface area contributed by atoms with Gasteiger partial charge in [0.2, 0.25) is 10.0 Å². The molecule has 1 aromatic carbocycles. The fourth-order valence-electron chi connectivity index (χ4n) is 4.52. The molecule has 3 aliphatic rings. The molecule has 0 spiro atoms. The van der Waals surface area contributed by atoms with Crippen LogP contribution in [0.2, 0.25) is 0 Å². The molecule has 0 amide bonds. The van der Waals surface area contributed by atoms with Crippen LogP contribution in [0.3, 0.4) is 0 Å². The smallest absolute Gasteiger partial charge is 0.208 e. The van der Waals surface area contributed by atoms with Crippen molar-refractivity contribution in [1.82, 2.24) is 19.4 Å². The lowest BCUT2D eigenvalue weighted by atomic mass is 9.74. The van der Waals surface area contributed by atoms with E-state index in [0.717, 1.165) is 37.2 Å². The molecule has 3 fully saturated rings. The minimum absolute atomic E-state index is 0.249. The van der Waals surface area contributed by atoms with E-state index in [4.69, 9.17) is 0 Å². The van der Waals surface area contributed by atoms with Gasteiger partial charge in [-0.2, -0.15) is 5.10 Å². The van der Waals surface area contributed by atoms with Crippen molar-refractivity contribution < 1.29 is 12.8 Å². The van der Waals surface area contributed by atoms with Crippen LogP contribution in [0.1, 0.15) is 24.5 Å². The number of hydrogen-bond donors (Lipinski definition) is 1. The Labute approximate surface area is 159 Å². The van der Waals surface area contributed by atoms with E-state index >= 15 is 0 Å². The van der Waals surface area contributed by atoms with Crippen LogP contribution in [0, 0.1) is 11.7 Å². The van der Waals surface area contributed by atoms with E-state index in [9.17, 15) is 12.8 Å². The number of nitrogens with zero attached hydrogens (tertiary/aromatic N) is 3. The highest BCUT2D eigenvalue weighted by Crippen LogP contribution is 2.42. The van der Waals surface area contributed by atoms with Gasteiger partial charge in [0.1, 0.15) is 5.82 Å². The Morgan fingerprint density at radius 2 is 2.04 bits per heavy atom. The number of benzene rings is 1. The molecule has 2 aromatic rings. The van der Waals surface area contributed by atoms with Crippen LogP contribution in [0.25, 0.3) is 11.3 Å². The lowest BCUT2D eigenvalue weighted by Crippen LogP contribution is -2.56. The average Bonchev–Trinajstić information content (AvgIpc) is 3.02. The molecule has 0 aliphatic carbocycles. The molecule has 0 saturated carbocycles. The van der Waals surface area contributed by atoms with Gasteiger partial charge in [0.25, 0.3) is 0 Å². The maximum Gasteiger partial charge on any atom is 0.208 e. The monoisotopic (exact) mass is 392 g/mol. The average molecular weight is 393 g/mol. The Bertz CT molecular complexity index is 926. The first-order valence-electron chi connectivity index (χ1n) is 9.29. The second kappa shape index (κ2) is 7.00. The van der Waals surface area contributed by atoms with Crippen molar-refractivity contribution in [2.75, 3.05) is 25.9 Å². The Balaban J connectivity index is 1.51. The summed E-state index contributed by atoms with van der Waals surface area (Å²) in [5, 5.41) is 4.64. The van der Waals surface area contributed by atoms with Crippen molar-refractivity contribution in [3.05, 3.63) is 41.8 Å². The molecule has 2 bridgehead atoms. The largest absolute Gasteiger partial charge is 0.298 e. The second-order valence-corrected chi connectivity index (χ2v) is 9.58. The van der Waals surface area contributed by atoms with Crippen molar-refractivity contribution in [2.24, 2.45) is 13.0 Å². The molecule has 6 nitrogen and oxygen atoms in total. The van der Waals surface area contributed by atoms with Gasteiger partial charge in [0.15, 0.2) is 0 Å². The molecular formula is C19H25FN4O2S. The Morgan fingerprint density at radius 3 is 2.67 bits per heavy atom. The Hall–Kier alpha value is -1.77. The molecule has 27 heavy (non-hydrogen) atoms. The Kier molecular flexibility index (Phi) is 4.82. The molecular weight excluding hydrogens is 367 g/mol. The highest BCUT2D eigenvalue weighted by atomic mass is 32.2. The molecule has 1 unspecified atom stereocenters. The van der Waals surface area contributed by atoms with Crippen LogP contribution >= 0.6 is 0 Å². The number of aryl methyl sites for hydroxylation is 1. The van der Waals surface area contributed by atoms with E-state index in [1.807, 2.05) is 11.7 Å². The number of piperidine rings is 3. The molecule has 3 aliphatic heterocycles. The topological polar surface area (TPSA) is 67.2 Å². The Morgan fingerprint density at radius 1 is 1.30 bits per heavy atom. The highest BCUT2D eigenvalue weighted by Gasteiger charge is 2.41. The van der Waals surface area contributed by atoms with Crippen LogP contribution < -0.4 is 4.72 Å². The predicted octanol–water partition coefficient (Wildman–Crippen LogP) is 1.95. The van der Waals surface area contributed by atoms with E-state index in [-0.39, 0.29) is 11.9 Å². The highest BCUT2D eigenvalue weighted by molar-refractivity contribution is 7.88. The molecule has 3 saturated heterocycles. The van der Waals surface area contributed by atoms with Gasteiger partial charge in [-0.15, -0.1) is 0 Å². The van der Waals surface area contributed by atoms with Gasteiger partial charge in [-0.25, -0.2) is 17.5 Å². The van der Waals surface area contributed by atoms with Gasteiger partial charge < -0.3 is 0 Å². The fourth-order valence-corrected chi connectivity index (χ4v) is 5.02. The summed E-state index contributed by atoms with van der Waals surface area (Å²) in [5.41, 5.74) is 2.97. The summed E-state index contributed by atoms with van der Waals surface area (Å²) < 4.78 is 40.6. The summed E-state index contributed by atoms with van der Waals surface area (Å²) in [5.74, 6) is 0.666. The van der Waals surface area contributed by atoms with Gasteiger partial charge in [-0.1, -0.05) is 0 Å². The zero-order valence-electron chi connectivity index (χ0n) is 15.6. The number of halogens is 1. The number of nitrogens with one attached hydrogen (secondary N) is 1. The summed E-state index contributed by atoms with van der Waals surface area (Å²) >= 11 is 0. The summed E-state index contributed by atoms with van der Waals surface area (Å²) in [6, 6.07) is 8.80. The third-order valence-corrected chi connectivity index (χ3v) is 6.59. The van der Waals surface area contributed by atoms with E-state index in [1.165, 1.54) is 24.1 Å². The molecule has 146 valence electrons. The summed E-state index contributed by atoms with van der Waals surface area (Å²) in [4.78, 5) is 2.40. The third-order valence-electron chi connectivity index (χ3n) is 5.90. The SMILES string of the molecule is Cn1nc(-c2ccc(F)cc2)cc1[C@H]1CN2CC[C@H]1C[C@@H]2CNS(C)(=O)=O. The van der Waals surface area contributed by atoms with Crippen molar-refractivity contribution in [3.8, 4) is 11.3 Å². The van der Waals surface area contributed by atoms with Gasteiger partial charge in [0, 0.05) is 43.4 Å². The zero-order chi connectivity index (χ0) is 19.2. The predicted molar refractivity (Wildman–Crippen MR) is 102 cm³/mol. The van der Waals surface area contributed by atoms with Crippen LogP contribution in [-0.4, -0.2) is 55.0 Å². The molecule has 1 N–H and O–H groups in total. The van der Waals surface area contributed by atoms with Crippen molar-refractivity contribution in [2.45, 2.75) is 24.8 Å². The lowest BCUT2D eigenvalue weighted by molar-refractivity contribution is 0.0306. The van der Waals surface area contributed by atoms with Gasteiger partial charge in [0.05, 0.1) is 11.9 Å². The fraction of sp³-hybridized carbons (Fsp3) is 0.526. The maximum absolute atomic E-state index is 13.2. The maximum atomic E-state index is 13.2. The minimum atomic E-state index is -3.16. The number of fused-ring (bicyclic) bond motifs is 3. The molecule has 5 rings (SSSR count). The van der Waals surface area contributed by atoms with Crippen molar-refractivity contribution >= 4 is 10.0 Å². The number of hydrogen-bond acceptors (Lipinski definition) is 4. The molecule has 0 radical (unpaired) electrons. The summed E-state index contributed by atoms with van der Waals surface area (Å²) in [7, 11) is -1.20. The molecule has 8 heteroatoms. The molecule has 1 aromatic heterocycles. The number of aromatic nitrogens is 2. The lowest BCUT2D eigenvalue weighted by Gasteiger charge is -2.49. The summed E-state index contributed by atoms with van der Waals surface area (Å²) in [6.07, 6.45) is 3.32. The molecule has 4 heterocycles. The quantitative estimate of drug-likeness (QED) is 0.845. The third kappa shape index (κ3) is 3.93. The zero-order valence-corrected chi connectivity index (χ0v) is 16.4. The first kappa shape index (κ1) is 18.6. The number of rotatable bonds is 5. The van der Waals surface area contributed by atoms with Gasteiger partial charge in [-0.05, 0) is 55.6 Å². The van der Waals surface area contributed by atoms with Crippen molar-refractivity contribution in [3.63, 3.8) is 0 Å². The van der Waals surface area contributed by atoms with E-state index in [1.54, 1.807) is 12.1 Å². The molecule has 4 atom stereocenters. The summed E-state index contributed by atoms with van der Waals surface area (Å²) in [6.45, 7) is 2.41. The van der Waals surface area contributed by atoms with Crippen LogP contribution in [0.5, 0.6) is 0 Å². The minimum Gasteiger partial charge on any atom is -0.298 e. The normalized spacial score (nSPS) is 27.8.